The van der Waals surface area contributed by atoms with E-state index in [9.17, 15) is 9.59 Å². The third-order valence-electron chi connectivity index (χ3n) is 5.74. The summed E-state index contributed by atoms with van der Waals surface area (Å²) in [7, 11) is 0. The fourth-order valence-corrected chi connectivity index (χ4v) is 4.05. The lowest BCUT2D eigenvalue weighted by Gasteiger charge is -2.37. The molecule has 136 valence electrons. The van der Waals surface area contributed by atoms with Crippen molar-refractivity contribution in [3.63, 3.8) is 0 Å². The van der Waals surface area contributed by atoms with E-state index in [0.29, 0.717) is 38.5 Å². The molecular formula is C21H30N2O2. The van der Waals surface area contributed by atoms with Crippen LogP contribution in [0.25, 0.3) is 0 Å². The topological polar surface area (TPSA) is 40.6 Å². The van der Waals surface area contributed by atoms with Gasteiger partial charge in [0.15, 0.2) is 0 Å². The Kier molecular flexibility index (Phi) is 5.77. The van der Waals surface area contributed by atoms with Gasteiger partial charge in [-0.25, -0.2) is 0 Å². The van der Waals surface area contributed by atoms with E-state index in [4.69, 9.17) is 0 Å². The van der Waals surface area contributed by atoms with Crippen LogP contribution in [-0.4, -0.2) is 47.8 Å². The molecule has 2 aliphatic rings. The van der Waals surface area contributed by atoms with Crippen molar-refractivity contribution in [2.45, 2.75) is 52.4 Å². The molecule has 1 aromatic rings. The minimum Gasteiger partial charge on any atom is -0.339 e. The van der Waals surface area contributed by atoms with Gasteiger partial charge in [-0.3, -0.25) is 9.59 Å². The summed E-state index contributed by atoms with van der Waals surface area (Å²) in [5.41, 5.74) is 3.48. The summed E-state index contributed by atoms with van der Waals surface area (Å²) in [6.45, 7) is 6.83. The lowest BCUT2D eigenvalue weighted by Crippen LogP contribution is -2.52. The van der Waals surface area contributed by atoms with Crippen LogP contribution in [0.2, 0.25) is 0 Å². The Hall–Kier alpha value is -1.84. The van der Waals surface area contributed by atoms with E-state index >= 15 is 0 Å². The maximum Gasteiger partial charge on any atom is 0.227 e. The normalized spacial score (nSPS) is 19.1. The average Bonchev–Trinajstić information content (AvgIpc) is 2.65. The first-order chi connectivity index (χ1) is 12.0. The number of carbonyl (C=O) groups is 2. The second kappa shape index (κ2) is 8.03. The Bertz CT molecular complexity index is 627. The van der Waals surface area contributed by atoms with Crippen LogP contribution in [0.1, 0.15) is 48.8 Å². The first-order valence-electron chi connectivity index (χ1n) is 9.67. The van der Waals surface area contributed by atoms with E-state index in [0.717, 1.165) is 18.4 Å². The van der Waals surface area contributed by atoms with Gasteiger partial charge in [0.05, 0.1) is 6.42 Å². The zero-order chi connectivity index (χ0) is 17.8. The molecule has 25 heavy (non-hydrogen) atoms. The van der Waals surface area contributed by atoms with Gasteiger partial charge < -0.3 is 9.80 Å². The fraction of sp³-hybridized carbons (Fsp3) is 0.619. The summed E-state index contributed by atoms with van der Waals surface area (Å²) >= 11 is 0. The Labute approximate surface area is 151 Å². The number of carbonyl (C=O) groups excluding carboxylic acids is 2. The predicted octanol–water partition coefficient (Wildman–Crippen LogP) is 3.10. The SMILES string of the molecule is Cc1ccc(C)c(CC(=O)N2CCN(C(=O)C3CCCCC3)CC2)c1. The number of piperazine rings is 1. The number of aryl methyl sites for hydroxylation is 2. The number of nitrogens with zero attached hydrogens (tertiary/aromatic N) is 2. The standard InChI is InChI=1S/C21H30N2O2/c1-16-8-9-17(2)19(14-16)15-20(24)22-10-12-23(13-11-22)21(25)18-6-4-3-5-7-18/h8-9,14,18H,3-7,10-13,15H2,1-2H3. The van der Waals surface area contributed by atoms with Gasteiger partial charge in [-0.2, -0.15) is 0 Å². The highest BCUT2D eigenvalue weighted by atomic mass is 16.2. The zero-order valence-electron chi connectivity index (χ0n) is 15.6. The molecule has 4 nitrogen and oxygen atoms in total. The molecule has 0 spiro atoms. The Morgan fingerprint density at radius 1 is 0.960 bits per heavy atom. The lowest BCUT2D eigenvalue weighted by atomic mass is 9.88. The maximum absolute atomic E-state index is 12.6. The van der Waals surface area contributed by atoms with Gasteiger partial charge in [-0.05, 0) is 37.8 Å². The van der Waals surface area contributed by atoms with Crippen LogP contribution in [0, 0.1) is 19.8 Å². The molecule has 1 aliphatic carbocycles. The highest BCUT2D eigenvalue weighted by molar-refractivity contribution is 5.81. The molecule has 0 N–H and O–H groups in total. The smallest absolute Gasteiger partial charge is 0.227 e. The average molecular weight is 342 g/mol. The summed E-state index contributed by atoms with van der Waals surface area (Å²) in [6, 6.07) is 6.27. The molecule has 0 bridgehead atoms. The zero-order valence-corrected chi connectivity index (χ0v) is 15.6. The lowest BCUT2D eigenvalue weighted by molar-refractivity contribution is -0.142. The first kappa shape index (κ1) is 18.0. The molecule has 0 radical (unpaired) electrons. The molecule has 2 amide bonds. The summed E-state index contributed by atoms with van der Waals surface area (Å²) in [6.07, 6.45) is 6.19. The van der Waals surface area contributed by atoms with Crippen molar-refractivity contribution in [1.82, 2.24) is 9.80 Å². The van der Waals surface area contributed by atoms with Crippen molar-refractivity contribution in [2.75, 3.05) is 26.2 Å². The Morgan fingerprint density at radius 2 is 1.60 bits per heavy atom. The Balaban J connectivity index is 1.52. The number of amides is 2. The molecule has 1 aliphatic heterocycles. The van der Waals surface area contributed by atoms with Crippen LogP contribution in [-0.2, 0) is 16.0 Å². The van der Waals surface area contributed by atoms with Gasteiger partial charge in [-0.15, -0.1) is 0 Å². The summed E-state index contributed by atoms with van der Waals surface area (Å²) in [5, 5.41) is 0. The Morgan fingerprint density at radius 3 is 2.28 bits per heavy atom. The first-order valence-corrected chi connectivity index (χ1v) is 9.67. The van der Waals surface area contributed by atoms with Gasteiger partial charge in [0.2, 0.25) is 11.8 Å². The van der Waals surface area contributed by atoms with E-state index in [1.165, 1.54) is 30.4 Å². The van der Waals surface area contributed by atoms with Crippen molar-refractivity contribution in [1.29, 1.82) is 0 Å². The second-order valence-corrected chi connectivity index (χ2v) is 7.65. The minimum atomic E-state index is 0.179. The number of benzene rings is 1. The van der Waals surface area contributed by atoms with E-state index in [1.54, 1.807) is 0 Å². The molecule has 0 atom stereocenters. The molecule has 1 heterocycles. The summed E-state index contributed by atoms with van der Waals surface area (Å²) in [5.74, 6) is 0.728. The summed E-state index contributed by atoms with van der Waals surface area (Å²) in [4.78, 5) is 29.2. The van der Waals surface area contributed by atoms with E-state index < -0.39 is 0 Å². The quantitative estimate of drug-likeness (QED) is 0.847. The van der Waals surface area contributed by atoms with Crippen LogP contribution in [0.15, 0.2) is 18.2 Å². The van der Waals surface area contributed by atoms with Gasteiger partial charge in [0, 0.05) is 32.1 Å². The fourth-order valence-electron chi connectivity index (χ4n) is 4.05. The van der Waals surface area contributed by atoms with Crippen molar-refractivity contribution in [2.24, 2.45) is 5.92 Å². The summed E-state index contributed by atoms with van der Waals surface area (Å²) < 4.78 is 0. The third kappa shape index (κ3) is 4.42. The van der Waals surface area contributed by atoms with Crippen molar-refractivity contribution >= 4 is 11.8 Å². The van der Waals surface area contributed by atoms with Crippen LogP contribution < -0.4 is 0 Å². The monoisotopic (exact) mass is 342 g/mol. The van der Waals surface area contributed by atoms with E-state index in [-0.39, 0.29) is 11.8 Å². The second-order valence-electron chi connectivity index (χ2n) is 7.65. The van der Waals surface area contributed by atoms with E-state index in [1.807, 2.05) is 9.80 Å². The number of hydrogen-bond donors (Lipinski definition) is 0. The van der Waals surface area contributed by atoms with Crippen LogP contribution in [0.3, 0.4) is 0 Å². The number of hydrogen-bond acceptors (Lipinski definition) is 2. The van der Waals surface area contributed by atoms with Crippen molar-refractivity contribution in [3.05, 3.63) is 34.9 Å². The molecule has 1 saturated carbocycles. The molecule has 0 unspecified atom stereocenters. The molecular weight excluding hydrogens is 312 g/mol. The highest BCUT2D eigenvalue weighted by Gasteiger charge is 2.29. The van der Waals surface area contributed by atoms with Crippen LogP contribution in [0.5, 0.6) is 0 Å². The molecule has 1 aromatic carbocycles. The van der Waals surface area contributed by atoms with Gasteiger partial charge in [-0.1, -0.05) is 43.0 Å². The molecule has 2 fully saturated rings. The highest BCUT2D eigenvalue weighted by Crippen LogP contribution is 2.26. The molecule has 1 saturated heterocycles. The van der Waals surface area contributed by atoms with Crippen molar-refractivity contribution in [3.8, 4) is 0 Å². The van der Waals surface area contributed by atoms with Crippen LogP contribution in [0.4, 0.5) is 0 Å². The van der Waals surface area contributed by atoms with E-state index in [2.05, 4.69) is 32.0 Å². The van der Waals surface area contributed by atoms with Crippen molar-refractivity contribution < 1.29 is 9.59 Å². The molecule has 4 heteroatoms. The maximum atomic E-state index is 12.6. The molecule has 3 rings (SSSR count). The van der Waals surface area contributed by atoms with Crippen LogP contribution >= 0.6 is 0 Å². The van der Waals surface area contributed by atoms with Gasteiger partial charge >= 0.3 is 0 Å². The molecule has 0 aromatic heterocycles. The third-order valence-corrected chi connectivity index (χ3v) is 5.74. The van der Waals surface area contributed by atoms with Gasteiger partial charge in [0.1, 0.15) is 0 Å². The predicted molar refractivity (Wildman–Crippen MR) is 99.4 cm³/mol. The van der Waals surface area contributed by atoms with Gasteiger partial charge in [0.25, 0.3) is 0 Å². The number of rotatable bonds is 3. The largest absolute Gasteiger partial charge is 0.339 e. The minimum absolute atomic E-state index is 0.179.